The van der Waals surface area contributed by atoms with Crippen LogP contribution in [0.15, 0.2) is 18.2 Å². The van der Waals surface area contributed by atoms with Gasteiger partial charge in [0.05, 0.1) is 11.1 Å². The molecule has 1 aromatic carbocycles. The maximum Gasteiger partial charge on any atom is 0.416 e. The molecular formula is C14H17F3N2OS. The number of nitrogens with one attached hydrogen (secondary N) is 1. The maximum atomic E-state index is 12.7. The molecule has 1 aliphatic rings. The maximum absolute atomic E-state index is 12.7. The molecule has 0 aromatic heterocycles. The largest absolute Gasteiger partial charge is 0.416 e. The summed E-state index contributed by atoms with van der Waals surface area (Å²) in [6, 6.07) is 2.82. The first kappa shape index (κ1) is 16.0. The third-order valence-electron chi connectivity index (χ3n) is 3.68. The second-order valence-corrected chi connectivity index (χ2v) is 6.28. The van der Waals surface area contributed by atoms with E-state index in [2.05, 4.69) is 5.32 Å². The van der Waals surface area contributed by atoms with Crippen molar-refractivity contribution in [1.82, 2.24) is 5.32 Å². The van der Waals surface area contributed by atoms with Crippen LogP contribution in [0.4, 0.5) is 18.9 Å². The Morgan fingerprint density at radius 3 is 2.67 bits per heavy atom. The van der Waals surface area contributed by atoms with Crippen molar-refractivity contribution in [2.75, 3.05) is 12.0 Å². The zero-order valence-electron chi connectivity index (χ0n) is 11.5. The topological polar surface area (TPSA) is 55.1 Å². The molecule has 21 heavy (non-hydrogen) atoms. The standard InChI is InChI=1S/C14H17F3N2OS/c1-21-10-4-3-9(7-10)19-13(20)11-6-8(14(15,16)17)2-5-12(11)18/h2,5-6,9-10H,3-4,7,18H2,1H3,(H,19,20). The summed E-state index contributed by atoms with van der Waals surface area (Å²) in [6.45, 7) is 0. The second-order valence-electron chi connectivity index (χ2n) is 5.14. The fraction of sp³-hybridized carbons (Fsp3) is 0.500. The highest BCUT2D eigenvalue weighted by molar-refractivity contribution is 7.99. The number of nitrogens with two attached hydrogens (primary N) is 1. The SMILES string of the molecule is CSC1CCC(NC(=O)c2cc(C(F)(F)F)ccc2N)C1. The van der Waals surface area contributed by atoms with Gasteiger partial charge in [-0.2, -0.15) is 24.9 Å². The van der Waals surface area contributed by atoms with Crippen molar-refractivity contribution in [3.63, 3.8) is 0 Å². The summed E-state index contributed by atoms with van der Waals surface area (Å²) in [4.78, 5) is 12.1. The van der Waals surface area contributed by atoms with E-state index in [0.717, 1.165) is 37.5 Å². The van der Waals surface area contributed by atoms with Crippen LogP contribution in [-0.4, -0.2) is 23.5 Å². The number of hydrogen-bond donors (Lipinski definition) is 2. The third kappa shape index (κ3) is 3.84. The Morgan fingerprint density at radius 2 is 2.10 bits per heavy atom. The summed E-state index contributed by atoms with van der Waals surface area (Å²) in [6.07, 6.45) is 0.214. The molecule has 0 aliphatic heterocycles. The lowest BCUT2D eigenvalue weighted by Gasteiger charge is -2.15. The third-order valence-corrected chi connectivity index (χ3v) is 4.77. The van der Waals surface area contributed by atoms with Crippen molar-refractivity contribution in [2.24, 2.45) is 0 Å². The second kappa shape index (κ2) is 6.17. The van der Waals surface area contributed by atoms with Gasteiger partial charge in [-0.3, -0.25) is 4.79 Å². The first-order valence-electron chi connectivity index (χ1n) is 6.61. The lowest BCUT2D eigenvalue weighted by molar-refractivity contribution is -0.137. The van der Waals surface area contributed by atoms with Gasteiger partial charge in [0.2, 0.25) is 0 Å². The molecule has 1 amide bonds. The minimum absolute atomic E-state index is 0.00360. The highest BCUT2D eigenvalue weighted by atomic mass is 32.2. The average Bonchev–Trinajstić information content (AvgIpc) is 2.85. The van der Waals surface area contributed by atoms with E-state index in [0.29, 0.717) is 5.25 Å². The summed E-state index contributed by atoms with van der Waals surface area (Å²) in [5.41, 5.74) is 4.71. The van der Waals surface area contributed by atoms with Crippen molar-refractivity contribution in [3.05, 3.63) is 29.3 Å². The number of nitrogen functional groups attached to an aromatic ring is 1. The molecule has 0 spiro atoms. The van der Waals surface area contributed by atoms with Crippen LogP contribution >= 0.6 is 11.8 Å². The Balaban J connectivity index is 2.12. The van der Waals surface area contributed by atoms with Crippen molar-refractivity contribution in [1.29, 1.82) is 0 Å². The van der Waals surface area contributed by atoms with Crippen LogP contribution in [0.2, 0.25) is 0 Å². The zero-order valence-corrected chi connectivity index (χ0v) is 12.4. The average molecular weight is 318 g/mol. The number of alkyl halides is 3. The van der Waals surface area contributed by atoms with Gasteiger partial charge in [0.15, 0.2) is 0 Å². The van der Waals surface area contributed by atoms with Crippen LogP contribution < -0.4 is 11.1 Å². The summed E-state index contributed by atoms with van der Waals surface area (Å²) in [5.74, 6) is -0.537. The lowest BCUT2D eigenvalue weighted by Crippen LogP contribution is -2.33. The number of carbonyl (C=O) groups excluding carboxylic acids is 1. The molecule has 1 saturated carbocycles. The first-order chi connectivity index (χ1) is 9.81. The molecule has 1 aliphatic carbocycles. The summed E-state index contributed by atoms with van der Waals surface area (Å²) in [5, 5.41) is 3.27. The number of halogens is 3. The highest BCUT2D eigenvalue weighted by Gasteiger charge is 2.32. The molecule has 3 nitrogen and oxygen atoms in total. The smallest absolute Gasteiger partial charge is 0.398 e. The number of amides is 1. The molecule has 0 bridgehead atoms. The number of rotatable bonds is 3. The minimum Gasteiger partial charge on any atom is -0.398 e. The van der Waals surface area contributed by atoms with Gasteiger partial charge >= 0.3 is 6.18 Å². The summed E-state index contributed by atoms with van der Waals surface area (Å²) < 4.78 is 38.1. The normalized spacial score (nSPS) is 22.3. The van der Waals surface area contributed by atoms with Crippen LogP contribution in [0, 0.1) is 0 Å². The summed E-state index contributed by atoms with van der Waals surface area (Å²) >= 11 is 1.74. The Morgan fingerprint density at radius 1 is 1.38 bits per heavy atom. The van der Waals surface area contributed by atoms with E-state index in [1.165, 1.54) is 0 Å². The van der Waals surface area contributed by atoms with E-state index in [1.807, 2.05) is 6.26 Å². The molecule has 1 aromatic rings. The zero-order chi connectivity index (χ0) is 15.6. The van der Waals surface area contributed by atoms with Crippen molar-refractivity contribution >= 4 is 23.4 Å². The quantitative estimate of drug-likeness (QED) is 0.841. The predicted octanol–water partition coefficient (Wildman–Crippen LogP) is 3.30. The van der Waals surface area contributed by atoms with Crippen LogP contribution in [0.1, 0.15) is 35.2 Å². The number of thioether (sulfide) groups is 1. The highest BCUT2D eigenvalue weighted by Crippen LogP contribution is 2.32. The van der Waals surface area contributed by atoms with Gasteiger partial charge in [-0.1, -0.05) is 0 Å². The van der Waals surface area contributed by atoms with Crippen molar-refractivity contribution in [2.45, 2.75) is 36.7 Å². The van der Waals surface area contributed by atoms with Crippen LogP contribution in [0.25, 0.3) is 0 Å². The number of carbonyl (C=O) groups is 1. The van der Waals surface area contributed by atoms with Gasteiger partial charge in [0, 0.05) is 17.0 Å². The fourth-order valence-corrected chi connectivity index (χ4v) is 3.27. The predicted molar refractivity (Wildman–Crippen MR) is 78.3 cm³/mol. The van der Waals surface area contributed by atoms with Gasteiger partial charge in [-0.05, 0) is 43.7 Å². The molecule has 2 unspecified atom stereocenters. The Bertz CT molecular complexity index is 533. The van der Waals surface area contributed by atoms with E-state index in [1.54, 1.807) is 11.8 Å². The van der Waals surface area contributed by atoms with Crippen LogP contribution in [-0.2, 0) is 6.18 Å². The molecule has 0 radical (unpaired) electrons. The van der Waals surface area contributed by atoms with Gasteiger partial charge in [-0.15, -0.1) is 0 Å². The number of benzene rings is 1. The van der Waals surface area contributed by atoms with Crippen LogP contribution in [0.5, 0.6) is 0 Å². The van der Waals surface area contributed by atoms with E-state index >= 15 is 0 Å². The molecule has 0 saturated heterocycles. The van der Waals surface area contributed by atoms with Crippen LogP contribution in [0.3, 0.4) is 0 Å². The van der Waals surface area contributed by atoms with Gasteiger partial charge < -0.3 is 11.1 Å². The van der Waals surface area contributed by atoms with Crippen molar-refractivity contribution < 1.29 is 18.0 Å². The number of hydrogen-bond acceptors (Lipinski definition) is 3. The lowest BCUT2D eigenvalue weighted by atomic mass is 10.1. The summed E-state index contributed by atoms with van der Waals surface area (Å²) in [7, 11) is 0. The number of anilines is 1. The minimum atomic E-state index is -4.49. The molecule has 7 heteroatoms. The molecule has 2 atom stereocenters. The molecule has 3 N–H and O–H groups in total. The van der Waals surface area contributed by atoms with Gasteiger partial charge in [-0.25, -0.2) is 0 Å². The van der Waals surface area contributed by atoms with E-state index < -0.39 is 17.6 Å². The molecule has 2 rings (SSSR count). The van der Waals surface area contributed by atoms with Gasteiger partial charge in [0.1, 0.15) is 0 Å². The van der Waals surface area contributed by atoms with Gasteiger partial charge in [0.25, 0.3) is 5.91 Å². The fourth-order valence-electron chi connectivity index (χ4n) is 2.48. The van der Waals surface area contributed by atoms with Crippen molar-refractivity contribution in [3.8, 4) is 0 Å². The molecule has 0 heterocycles. The van der Waals surface area contributed by atoms with E-state index in [-0.39, 0.29) is 17.3 Å². The molecular weight excluding hydrogens is 301 g/mol. The molecule has 116 valence electrons. The molecule has 1 fully saturated rings. The Labute approximate surface area is 125 Å². The monoisotopic (exact) mass is 318 g/mol. The van der Waals surface area contributed by atoms with E-state index in [4.69, 9.17) is 5.73 Å². The Hall–Kier alpha value is -1.37. The Kier molecular flexibility index (Phi) is 4.70. The van der Waals surface area contributed by atoms with E-state index in [9.17, 15) is 18.0 Å². The first-order valence-corrected chi connectivity index (χ1v) is 7.90.